The number of nitrogens with one attached hydrogen (secondary N) is 1. The highest BCUT2D eigenvalue weighted by atomic mass is 35.5. The fourth-order valence-corrected chi connectivity index (χ4v) is 4.26. The minimum Gasteiger partial charge on any atom is -0.268 e. The van der Waals surface area contributed by atoms with Crippen molar-refractivity contribution in [2.45, 2.75) is 45.1 Å². The van der Waals surface area contributed by atoms with Crippen LogP contribution in [-0.2, 0) is 15.6 Å². The molecule has 2 rings (SSSR count). The fraction of sp³-hybridized carbons (Fsp3) is 0.375. The van der Waals surface area contributed by atoms with Crippen LogP contribution >= 0.6 is 23.2 Å². The average molecular weight is 404 g/mol. The number of hydrogen-bond acceptors (Lipinski definition) is 4. The summed E-state index contributed by atoms with van der Waals surface area (Å²) >= 11 is 11.8. The maximum Gasteiger partial charge on any atom is 0.268 e. The van der Waals surface area contributed by atoms with Crippen LogP contribution < -0.4 is 4.72 Å². The first kappa shape index (κ1) is 19.8. The Balaban J connectivity index is 2.44. The third-order valence-corrected chi connectivity index (χ3v) is 5.61. The summed E-state index contributed by atoms with van der Waals surface area (Å²) < 4.78 is 28.8. The largest absolute Gasteiger partial charge is 0.268 e. The zero-order chi connectivity index (χ0) is 19.2. The molecule has 25 heavy (non-hydrogen) atoms. The maximum absolute atomic E-state index is 12.6. The van der Waals surface area contributed by atoms with Gasteiger partial charge in [0.2, 0.25) is 0 Å². The van der Waals surface area contributed by atoms with Crippen LogP contribution in [0.3, 0.4) is 0 Å². The predicted molar refractivity (Wildman–Crippen MR) is 97.8 cm³/mol. The highest BCUT2D eigenvalue weighted by molar-refractivity contribution is 7.90. The second-order valence-electron chi connectivity index (χ2n) is 6.64. The lowest BCUT2D eigenvalue weighted by Gasteiger charge is -2.21. The van der Waals surface area contributed by atoms with Gasteiger partial charge in [0.1, 0.15) is 4.90 Å². The third-order valence-electron chi connectivity index (χ3n) is 3.56. The van der Waals surface area contributed by atoms with E-state index in [-0.39, 0.29) is 26.0 Å². The van der Waals surface area contributed by atoms with Gasteiger partial charge in [0.15, 0.2) is 0 Å². The first-order valence-corrected chi connectivity index (χ1v) is 9.67. The lowest BCUT2D eigenvalue weighted by atomic mass is 10.1. The summed E-state index contributed by atoms with van der Waals surface area (Å²) in [5.74, 6) is -0.762. The summed E-state index contributed by atoms with van der Waals surface area (Å²) in [4.78, 5) is 12.3. The van der Waals surface area contributed by atoms with Gasteiger partial charge in [0.25, 0.3) is 15.9 Å². The van der Waals surface area contributed by atoms with Crippen LogP contribution in [-0.4, -0.2) is 24.1 Å². The van der Waals surface area contributed by atoms with Gasteiger partial charge < -0.3 is 0 Å². The van der Waals surface area contributed by atoms with Crippen molar-refractivity contribution in [2.24, 2.45) is 0 Å². The van der Waals surface area contributed by atoms with Gasteiger partial charge in [0.05, 0.1) is 21.8 Å². The molecular formula is C16H19Cl2N3O3S. The molecule has 0 fully saturated rings. The molecule has 136 valence electrons. The Morgan fingerprint density at radius 1 is 1.20 bits per heavy atom. The van der Waals surface area contributed by atoms with E-state index >= 15 is 0 Å². The van der Waals surface area contributed by atoms with E-state index in [0.29, 0.717) is 11.4 Å². The monoisotopic (exact) mass is 403 g/mol. The van der Waals surface area contributed by atoms with Gasteiger partial charge in [-0.1, -0.05) is 23.2 Å². The lowest BCUT2D eigenvalue weighted by Crippen LogP contribution is -2.32. The summed E-state index contributed by atoms with van der Waals surface area (Å²) in [7, 11) is -4.17. The molecule has 1 heterocycles. The van der Waals surface area contributed by atoms with E-state index in [1.165, 1.54) is 18.2 Å². The molecule has 0 bridgehead atoms. The van der Waals surface area contributed by atoms with Crippen molar-refractivity contribution < 1.29 is 13.2 Å². The van der Waals surface area contributed by atoms with Crippen LogP contribution in [0.15, 0.2) is 23.1 Å². The average Bonchev–Trinajstić information content (AvgIpc) is 2.76. The van der Waals surface area contributed by atoms with Crippen molar-refractivity contribution in [2.75, 3.05) is 0 Å². The Kier molecular flexibility index (Phi) is 5.23. The van der Waals surface area contributed by atoms with E-state index in [1.54, 1.807) is 18.5 Å². The molecule has 0 aliphatic heterocycles. The Labute approximate surface area is 157 Å². The number of aryl methyl sites for hydroxylation is 1. The van der Waals surface area contributed by atoms with Crippen LogP contribution in [0.25, 0.3) is 0 Å². The van der Waals surface area contributed by atoms with Gasteiger partial charge in [-0.3, -0.25) is 9.48 Å². The van der Waals surface area contributed by atoms with Gasteiger partial charge in [-0.05, 0) is 52.8 Å². The van der Waals surface area contributed by atoms with Crippen LogP contribution in [0.1, 0.15) is 42.5 Å². The number of benzene rings is 1. The number of rotatable bonds is 3. The number of nitrogens with zero attached hydrogens (tertiary/aromatic N) is 2. The number of halogens is 2. The van der Waals surface area contributed by atoms with E-state index in [1.807, 2.05) is 25.5 Å². The molecule has 1 amide bonds. The molecule has 1 aromatic carbocycles. The Morgan fingerprint density at radius 3 is 2.32 bits per heavy atom. The number of hydrogen-bond donors (Lipinski definition) is 1. The van der Waals surface area contributed by atoms with Crippen LogP contribution in [0.5, 0.6) is 0 Å². The van der Waals surface area contributed by atoms with Gasteiger partial charge in [-0.15, -0.1) is 0 Å². The first-order valence-electron chi connectivity index (χ1n) is 7.43. The van der Waals surface area contributed by atoms with Crippen molar-refractivity contribution in [1.29, 1.82) is 0 Å². The van der Waals surface area contributed by atoms with Crippen molar-refractivity contribution >= 4 is 39.1 Å². The molecule has 9 heteroatoms. The fourth-order valence-electron chi connectivity index (χ4n) is 2.54. The number of carbonyl (C=O) groups is 1. The van der Waals surface area contributed by atoms with Crippen molar-refractivity contribution in [3.8, 4) is 0 Å². The van der Waals surface area contributed by atoms with E-state index in [0.717, 1.165) is 0 Å². The summed E-state index contributed by atoms with van der Waals surface area (Å²) in [6.45, 7) is 9.20. The van der Waals surface area contributed by atoms with E-state index in [9.17, 15) is 13.2 Å². The minimum atomic E-state index is -4.17. The molecule has 1 aromatic heterocycles. The number of sulfonamides is 1. The molecule has 1 N–H and O–H groups in total. The van der Waals surface area contributed by atoms with Crippen molar-refractivity contribution in [3.63, 3.8) is 0 Å². The molecule has 0 spiro atoms. The molecule has 0 aliphatic rings. The highest BCUT2D eigenvalue weighted by Crippen LogP contribution is 2.26. The summed E-state index contributed by atoms with van der Waals surface area (Å²) in [5, 5.41) is 4.53. The van der Waals surface area contributed by atoms with Gasteiger partial charge in [-0.2, -0.15) is 5.10 Å². The highest BCUT2D eigenvalue weighted by Gasteiger charge is 2.28. The summed E-state index contributed by atoms with van der Waals surface area (Å²) in [6, 6.07) is 4.02. The Hall–Kier alpha value is -1.57. The minimum absolute atomic E-state index is 0.0245. The van der Waals surface area contributed by atoms with Crippen LogP contribution in [0.4, 0.5) is 0 Å². The molecule has 0 atom stereocenters. The Morgan fingerprint density at radius 2 is 1.80 bits per heavy atom. The van der Waals surface area contributed by atoms with Crippen LogP contribution in [0, 0.1) is 13.8 Å². The number of aromatic nitrogens is 2. The molecule has 0 unspecified atom stereocenters. The van der Waals surface area contributed by atoms with Crippen LogP contribution in [0.2, 0.25) is 10.0 Å². The second-order valence-corrected chi connectivity index (χ2v) is 9.13. The first-order chi connectivity index (χ1) is 11.3. The smallest absolute Gasteiger partial charge is 0.268 e. The zero-order valence-electron chi connectivity index (χ0n) is 14.5. The van der Waals surface area contributed by atoms with Crippen molar-refractivity contribution in [3.05, 3.63) is 45.2 Å². The third kappa shape index (κ3) is 3.99. The molecule has 0 saturated carbocycles. The zero-order valence-corrected chi connectivity index (χ0v) is 16.8. The van der Waals surface area contributed by atoms with E-state index < -0.39 is 15.9 Å². The molecule has 2 aromatic rings. The topological polar surface area (TPSA) is 81.1 Å². The Bertz CT molecular complexity index is 944. The molecule has 0 saturated heterocycles. The second kappa shape index (κ2) is 6.63. The molecule has 0 radical (unpaired) electrons. The van der Waals surface area contributed by atoms with Gasteiger partial charge >= 0.3 is 0 Å². The summed E-state index contributed by atoms with van der Waals surface area (Å²) in [5.41, 5.74) is 0.895. The predicted octanol–water partition coefficient (Wildman–Crippen LogP) is 3.68. The lowest BCUT2D eigenvalue weighted by molar-refractivity contribution is 0.0980. The quantitative estimate of drug-likeness (QED) is 0.846. The number of carbonyl (C=O) groups excluding carboxylic acids is 1. The van der Waals surface area contributed by atoms with E-state index in [2.05, 4.69) is 5.10 Å². The molecule has 6 nitrogen and oxygen atoms in total. The van der Waals surface area contributed by atoms with E-state index in [4.69, 9.17) is 23.2 Å². The maximum atomic E-state index is 12.6. The SMILES string of the molecule is Cc1nn(C(C)(C)C)c(C)c1C(=O)NS(=O)(=O)c1cc(Cl)ccc1Cl. The van der Waals surface area contributed by atoms with Gasteiger partial charge in [0, 0.05) is 10.7 Å². The number of amides is 1. The van der Waals surface area contributed by atoms with Crippen molar-refractivity contribution in [1.82, 2.24) is 14.5 Å². The summed E-state index contributed by atoms with van der Waals surface area (Å²) in [6.07, 6.45) is 0. The standard InChI is InChI=1S/C16H19Cl2N3O3S/c1-9-14(10(2)21(19-9)16(3,4)5)15(22)20-25(23,24)13-8-11(17)6-7-12(13)18/h6-8H,1-5H3,(H,20,22). The molecular weight excluding hydrogens is 385 g/mol. The normalized spacial score (nSPS) is 12.3. The van der Waals surface area contributed by atoms with Gasteiger partial charge in [-0.25, -0.2) is 13.1 Å². The molecule has 0 aliphatic carbocycles.